The van der Waals surface area contributed by atoms with Crippen LogP contribution in [-0.4, -0.2) is 17.9 Å². The van der Waals surface area contributed by atoms with Gasteiger partial charge in [-0.1, -0.05) is 32.0 Å². The smallest absolute Gasteiger partial charge is 0.287 e. The standard InChI is InChI=1S/C15H18N2O3/c1-9(2)7-11(14(16)18)17-15(19)13-8-10-5-3-4-6-12(10)20-13/h3-6,8-9,11H,7H2,1-2H3,(H2,16,18)(H,17,19)/t11-/m0/s1. The molecule has 0 saturated carbocycles. The fraction of sp³-hybridized carbons (Fsp3) is 0.333. The third kappa shape index (κ3) is 3.17. The number of nitrogens with two attached hydrogens (primary N) is 1. The van der Waals surface area contributed by atoms with Gasteiger partial charge in [-0.2, -0.15) is 0 Å². The Balaban J connectivity index is 2.15. The second-order valence-corrected chi connectivity index (χ2v) is 5.21. The van der Waals surface area contributed by atoms with Crippen molar-refractivity contribution in [2.24, 2.45) is 11.7 Å². The maximum absolute atomic E-state index is 12.1. The highest BCUT2D eigenvalue weighted by molar-refractivity contribution is 5.98. The van der Waals surface area contributed by atoms with Crippen LogP contribution in [0.2, 0.25) is 0 Å². The first-order valence-corrected chi connectivity index (χ1v) is 6.56. The maximum atomic E-state index is 12.1. The quantitative estimate of drug-likeness (QED) is 0.875. The van der Waals surface area contributed by atoms with Gasteiger partial charge in [-0.15, -0.1) is 0 Å². The second-order valence-electron chi connectivity index (χ2n) is 5.21. The normalized spacial score (nSPS) is 12.6. The predicted molar refractivity (Wildman–Crippen MR) is 76.1 cm³/mol. The monoisotopic (exact) mass is 274 g/mol. The van der Waals surface area contributed by atoms with E-state index in [2.05, 4.69) is 5.32 Å². The predicted octanol–water partition coefficient (Wildman–Crippen LogP) is 2.06. The van der Waals surface area contributed by atoms with Crippen LogP contribution in [0.5, 0.6) is 0 Å². The molecule has 1 atom stereocenters. The molecule has 2 aromatic rings. The fourth-order valence-corrected chi connectivity index (χ4v) is 2.04. The van der Waals surface area contributed by atoms with Gasteiger partial charge in [-0.3, -0.25) is 9.59 Å². The number of carbonyl (C=O) groups is 2. The number of nitrogens with one attached hydrogen (secondary N) is 1. The molecule has 3 N–H and O–H groups in total. The lowest BCUT2D eigenvalue weighted by Crippen LogP contribution is -2.45. The van der Waals surface area contributed by atoms with Gasteiger partial charge in [-0.25, -0.2) is 0 Å². The van der Waals surface area contributed by atoms with E-state index in [1.165, 1.54) is 0 Å². The molecular formula is C15H18N2O3. The molecule has 20 heavy (non-hydrogen) atoms. The first kappa shape index (κ1) is 14.1. The number of amides is 2. The molecule has 0 aliphatic heterocycles. The van der Waals surface area contributed by atoms with E-state index < -0.39 is 17.9 Å². The van der Waals surface area contributed by atoms with Gasteiger partial charge in [-0.05, 0) is 24.5 Å². The molecule has 0 spiro atoms. The Labute approximate surface area is 117 Å². The molecule has 1 aromatic carbocycles. The van der Waals surface area contributed by atoms with Crippen molar-refractivity contribution in [2.75, 3.05) is 0 Å². The number of carbonyl (C=O) groups excluding carboxylic acids is 2. The Hall–Kier alpha value is -2.30. The van der Waals surface area contributed by atoms with Crippen LogP contribution in [0.25, 0.3) is 11.0 Å². The summed E-state index contributed by atoms with van der Waals surface area (Å²) in [5, 5.41) is 3.46. The van der Waals surface area contributed by atoms with Gasteiger partial charge in [0.25, 0.3) is 5.91 Å². The summed E-state index contributed by atoms with van der Waals surface area (Å²) in [6.45, 7) is 3.92. The molecule has 5 heteroatoms. The molecule has 0 saturated heterocycles. The van der Waals surface area contributed by atoms with E-state index in [1.807, 2.05) is 32.0 Å². The van der Waals surface area contributed by atoms with Crippen LogP contribution < -0.4 is 11.1 Å². The Bertz CT molecular complexity index is 598. The van der Waals surface area contributed by atoms with Crippen LogP contribution >= 0.6 is 0 Å². The zero-order valence-corrected chi connectivity index (χ0v) is 11.6. The fourth-order valence-electron chi connectivity index (χ4n) is 2.04. The minimum atomic E-state index is -0.685. The lowest BCUT2D eigenvalue weighted by molar-refractivity contribution is -0.120. The largest absolute Gasteiger partial charge is 0.451 e. The number of rotatable bonds is 5. The summed E-state index contributed by atoms with van der Waals surface area (Å²) in [6, 6.07) is 8.30. The highest BCUT2D eigenvalue weighted by Crippen LogP contribution is 2.19. The molecule has 0 radical (unpaired) electrons. The lowest BCUT2D eigenvalue weighted by Gasteiger charge is -2.16. The maximum Gasteiger partial charge on any atom is 0.287 e. The molecule has 0 fully saturated rings. The minimum Gasteiger partial charge on any atom is -0.451 e. The van der Waals surface area contributed by atoms with Gasteiger partial charge >= 0.3 is 0 Å². The first-order chi connectivity index (χ1) is 9.47. The van der Waals surface area contributed by atoms with Crippen LogP contribution in [0, 0.1) is 5.92 Å². The van der Waals surface area contributed by atoms with Crippen molar-refractivity contribution < 1.29 is 14.0 Å². The molecule has 0 aliphatic rings. The Kier molecular flexibility index (Phi) is 4.08. The van der Waals surface area contributed by atoms with Crippen molar-refractivity contribution >= 4 is 22.8 Å². The van der Waals surface area contributed by atoms with E-state index in [-0.39, 0.29) is 11.7 Å². The number of fused-ring (bicyclic) bond motifs is 1. The van der Waals surface area contributed by atoms with Crippen LogP contribution in [0.1, 0.15) is 30.8 Å². The van der Waals surface area contributed by atoms with Gasteiger partial charge < -0.3 is 15.5 Å². The average Bonchev–Trinajstić information content (AvgIpc) is 2.81. The Morgan fingerprint density at radius 2 is 2.00 bits per heavy atom. The summed E-state index contributed by atoms with van der Waals surface area (Å²) in [6.07, 6.45) is 0.501. The number of furan rings is 1. The Morgan fingerprint density at radius 1 is 1.30 bits per heavy atom. The van der Waals surface area contributed by atoms with Crippen molar-refractivity contribution in [1.29, 1.82) is 0 Å². The number of hydrogen-bond donors (Lipinski definition) is 2. The van der Waals surface area contributed by atoms with Crippen molar-refractivity contribution in [3.63, 3.8) is 0 Å². The van der Waals surface area contributed by atoms with E-state index >= 15 is 0 Å². The molecule has 0 aliphatic carbocycles. The SMILES string of the molecule is CC(C)C[C@H](NC(=O)c1cc2ccccc2o1)C(N)=O. The summed E-state index contributed by atoms with van der Waals surface area (Å²) >= 11 is 0. The summed E-state index contributed by atoms with van der Waals surface area (Å²) in [4.78, 5) is 23.4. The molecule has 5 nitrogen and oxygen atoms in total. The van der Waals surface area contributed by atoms with Gasteiger partial charge in [0.2, 0.25) is 5.91 Å². The average molecular weight is 274 g/mol. The topological polar surface area (TPSA) is 85.3 Å². The molecule has 0 unspecified atom stereocenters. The minimum absolute atomic E-state index is 0.182. The zero-order chi connectivity index (χ0) is 14.7. The van der Waals surface area contributed by atoms with Gasteiger partial charge in [0.15, 0.2) is 5.76 Å². The highest BCUT2D eigenvalue weighted by atomic mass is 16.3. The second kappa shape index (κ2) is 5.77. The number of benzene rings is 1. The van der Waals surface area contributed by atoms with E-state index in [4.69, 9.17) is 10.2 Å². The van der Waals surface area contributed by atoms with Crippen molar-refractivity contribution in [2.45, 2.75) is 26.3 Å². The molecule has 106 valence electrons. The van der Waals surface area contributed by atoms with Gasteiger partial charge in [0.05, 0.1) is 0 Å². The molecule has 1 aromatic heterocycles. The van der Waals surface area contributed by atoms with E-state index in [1.54, 1.807) is 12.1 Å². The summed E-state index contributed by atoms with van der Waals surface area (Å²) < 4.78 is 5.45. The molecule has 2 amide bonds. The molecule has 2 rings (SSSR count). The molecule has 0 bridgehead atoms. The third-order valence-corrected chi connectivity index (χ3v) is 3.01. The Morgan fingerprint density at radius 3 is 2.60 bits per heavy atom. The van der Waals surface area contributed by atoms with E-state index in [0.717, 1.165) is 5.39 Å². The van der Waals surface area contributed by atoms with Gasteiger partial charge in [0, 0.05) is 5.39 Å². The zero-order valence-electron chi connectivity index (χ0n) is 11.6. The lowest BCUT2D eigenvalue weighted by atomic mass is 10.0. The van der Waals surface area contributed by atoms with Crippen LogP contribution in [0.15, 0.2) is 34.7 Å². The van der Waals surface area contributed by atoms with Crippen LogP contribution in [0.3, 0.4) is 0 Å². The summed E-state index contributed by atoms with van der Waals surface area (Å²) in [5.41, 5.74) is 5.94. The van der Waals surface area contributed by atoms with E-state index in [9.17, 15) is 9.59 Å². The number of para-hydroxylation sites is 1. The number of primary amides is 1. The van der Waals surface area contributed by atoms with Crippen molar-refractivity contribution in [3.05, 3.63) is 36.1 Å². The third-order valence-electron chi connectivity index (χ3n) is 3.01. The van der Waals surface area contributed by atoms with Crippen molar-refractivity contribution in [1.82, 2.24) is 5.32 Å². The van der Waals surface area contributed by atoms with E-state index in [0.29, 0.717) is 12.0 Å². The number of hydrogen-bond acceptors (Lipinski definition) is 3. The molecular weight excluding hydrogens is 256 g/mol. The van der Waals surface area contributed by atoms with Crippen LogP contribution in [0.4, 0.5) is 0 Å². The highest BCUT2D eigenvalue weighted by Gasteiger charge is 2.21. The first-order valence-electron chi connectivity index (χ1n) is 6.56. The summed E-state index contributed by atoms with van der Waals surface area (Å²) in [5.74, 6) is -0.529. The summed E-state index contributed by atoms with van der Waals surface area (Å²) in [7, 11) is 0. The van der Waals surface area contributed by atoms with Crippen LogP contribution in [-0.2, 0) is 4.79 Å². The van der Waals surface area contributed by atoms with Crippen molar-refractivity contribution in [3.8, 4) is 0 Å². The molecule has 1 heterocycles. The van der Waals surface area contributed by atoms with Gasteiger partial charge in [0.1, 0.15) is 11.6 Å².